The number of rotatable bonds is 7. The molecule has 2 rings (SSSR count). The molecule has 0 unspecified atom stereocenters. The summed E-state index contributed by atoms with van der Waals surface area (Å²) in [5.74, 6) is 0.994. The maximum Gasteiger partial charge on any atom is 0.158 e. The van der Waals surface area contributed by atoms with Gasteiger partial charge in [-0.15, -0.1) is 0 Å². The zero-order chi connectivity index (χ0) is 13.5. The van der Waals surface area contributed by atoms with Crippen LogP contribution in [0.15, 0.2) is 36.7 Å². The molecule has 3 heteroatoms. The molecule has 0 aliphatic heterocycles. The Kier molecular flexibility index (Phi) is 5.01. The van der Waals surface area contributed by atoms with Crippen LogP contribution in [0.5, 0.6) is 0 Å². The molecule has 0 saturated heterocycles. The Bertz CT molecular complexity index is 502. The van der Waals surface area contributed by atoms with Crippen molar-refractivity contribution in [2.45, 2.75) is 39.5 Å². The van der Waals surface area contributed by atoms with Crippen LogP contribution in [-0.4, -0.2) is 16.2 Å². The summed E-state index contributed by atoms with van der Waals surface area (Å²) >= 11 is 0. The highest BCUT2D eigenvalue weighted by atomic mass is 15.4. The summed E-state index contributed by atoms with van der Waals surface area (Å²) in [5.41, 5.74) is 5.87. The Morgan fingerprint density at radius 3 is 2.79 bits per heavy atom. The number of hydrogen-bond acceptors (Lipinski definition) is 2. The number of hydrogen-bond donors (Lipinski definition) is 1. The van der Waals surface area contributed by atoms with Crippen LogP contribution < -0.4 is 5.43 Å². The largest absolute Gasteiger partial charge is 0.324 e. The molecule has 0 spiro atoms. The van der Waals surface area contributed by atoms with E-state index >= 15 is 0 Å². The van der Waals surface area contributed by atoms with Crippen molar-refractivity contribution < 1.29 is 0 Å². The molecule has 1 aromatic carbocycles. The Balaban J connectivity index is 2.00. The van der Waals surface area contributed by atoms with Crippen LogP contribution in [-0.2, 0) is 0 Å². The Morgan fingerprint density at radius 1 is 1.16 bits per heavy atom. The number of imidazole rings is 1. The smallest absolute Gasteiger partial charge is 0.158 e. The zero-order valence-electron chi connectivity index (χ0n) is 11.9. The molecule has 19 heavy (non-hydrogen) atoms. The van der Waals surface area contributed by atoms with E-state index in [1.807, 2.05) is 17.1 Å². The molecule has 0 bridgehead atoms. The number of aromatic nitrogens is 2. The number of nitrogens with zero attached hydrogens (tertiary/aromatic N) is 2. The maximum absolute atomic E-state index is 4.46. The highest BCUT2D eigenvalue weighted by molar-refractivity contribution is 5.60. The molecule has 0 radical (unpaired) electrons. The first-order valence-corrected chi connectivity index (χ1v) is 7.16. The normalized spacial score (nSPS) is 10.6. The van der Waals surface area contributed by atoms with Crippen molar-refractivity contribution in [3.05, 3.63) is 42.2 Å². The summed E-state index contributed by atoms with van der Waals surface area (Å²) < 4.78 is 2.04. The van der Waals surface area contributed by atoms with Crippen LogP contribution in [0.4, 0.5) is 0 Å². The summed E-state index contributed by atoms with van der Waals surface area (Å²) in [6.45, 7) is 5.35. The third-order valence-corrected chi connectivity index (χ3v) is 3.34. The molecule has 1 N–H and O–H groups in total. The van der Waals surface area contributed by atoms with Gasteiger partial charge >= 0.3 is 0 Å². The fourth-order valence-electron chi connectivity index (χ4n) is 2.21. The molecular weight excluding hydrogens is 234 g/mol. The molecule has 3 nitrogen and oxygen atoms in total. The average molecular weight is 257 g/mol. The lowest BCUT2D eigenvalue weighted by Gasteiger charge is -2.12. The van der Waals surface area contributed by atoms with Gasteiger partial charge in [-0.2, -0.15) is 0 Å². The van der Waals surface area contributed by atoms with Gasteiger partial charge in [-0.1, -0.05) is 50.5 Å². The summed E-state index contributed by atoms with van der Waals surface area (Å²) in [5, 5.41) is 0. The fourth-order valence-corrected chi connectivity index (χ4v) is 2.21. The quantitative estimate of drug-likeness (QED) is 0.760. The SMILES string of the molecule is CCCCCCNn1ccnc1-c1ccccc1C. The van der Waals surface area contributed by atoms with Crippen LogP contribution in [0.1, 0.15) is 38.2 Å². The summed E-state index contributed by atoms with van der Waals surface area (Å²) in [7, 11) is 0. The van der Waals surface area contributed by atoms with Gasteiger partial charge in [-0.05, 0) is 18.9 Å². The molecule has 2 aromatic rings. The molecule has 0 amide bonds. The molecule has 0 fully saturated rings. The molecule has 0 aliphatic carbocycles. The fraction of sp³-hybridized carbons (Fsp3) is 0.438. The second-order valence-electron chi connectivity index (χ2n) is 4.90. The average Bonchev–Trinajstić information content (AvgIpc) is 2.87. The van der Waals surface area contributed by atoms with Gasteiger partial charge in [0, 0.05) is 24.5 Å². The topological polar surface area (TPSA) is 29.9 Å². The van der Waals surface area contributed by atoms with Crippen molar-refractivity contribution in [1.82, 2.24) is 9.66 Å². The monoisotopic (exact) mass is 257 g/mol. The lowest BCUT2D eigenvalue weighted by Crippen LogP contribution is -2.16. The van der Waals surface area contributed by atoms with Gasteiger partial charge in [0.25, 0.3) is 0 Å². The van der Waals surface area contributed by atoms with E-state index in [2.05, 4.69) is 48.5 Å². The van der Waals surface area contributed by atoms with Gasteiger partial charge < -0.3 is 5.43 Å². The Labute approximate surface area is 115 Å². The van der Waals surface area contributed by atoms with Crippen LogP contribution in [0.25, 0.3) is 11.4 Å². The summed E-state index contributed by atoms with van der Waals surface area (Å²) in [6, 6.07) is 8.36. The van der Waals surface area contributed by atoms with Gasteiger partial charge in [0.05, 0.1) is 0 Å². The van der Waals surface area contributed by atoms with Crippen molar-refractivity contribution in [3.63, 3.8) is 0 Å². The third kappa shape index (κ3) is 3.60. The molecule has 0 atom stereocenters. The molecular formula is C16H23N3. The van der Waals surface area contributed by atoms with Gasteiger partial charge in [0.15, 0.2) is 5.82 Å². The van der Waals surface area contributed by atoms with Crippen molar-refractivity contribution in [2.24, 2.45) is 0 Å². The van der Waals surface area contributed by atoms with Crippen molar-refractivity contribution in [3.8, 4) is 11.4 Å². The minimum Gasteiger partial charge on any atom is -0.324 e. The third-order valence-electron chi connectivity index (χ3n) is 3.34. The van der Waals surface area contributed by atoms with Crippen LogP contribution in [0, 0.1) is 6.92 Å². The van der Waals surface area contributed by atoms with Gasteiger partial charge in [-0.25, -0.2) is 9.66 Å². The van der Waals surface area contributed by atoms with E-state index in [0.29, 0.717) is 0 Å². The first-order chi connectivity index (χ1) is 9.33. The Morgan fingerprint density at radius 2 is 2.00 bits per heavy atom. The first kappa shape index (κ1) is 13.7. The predicted molar refractivity (Wildman–Crippen MR) is 80.8 cm³/mol. The van der Waals surface area contributed by atoms with E-state index in [1.54, 1.807) is 0 Å². The minimum absolute atomic E-state index is 0.994. The lowest BCUT2D eigenvalue weighted by atomic mass is 10.1. The van der Waals surface area contributed by atoms with Crippen LogP contribution in [0.3, 0.4) is 0 Å². The van der Waals surface area contributed by atoms with Crippen LogP contribution in [0.2, 0.25) is 0 Å². The Hall–Kier alpha value is -1.77. The predicted octanol–water partition coefficient (Wildman–Crippen LogP) is 3.98. The highest BCUT2D eigenvalue weighted by Gasteiger charge is 2.07. The number of aryl methyl sites for hydroxylation is 1. The van der Waals surface area contributed by atoms with Crippen molar-refractivity contribution >= 4 is 0 Å². The highest BCUT2D eigenvalue weighted by Crippen LogP contribution is 2.20. The molecule has 102 valence electrons. The maximum atomic E-state index is 4.46. The van der Waals surface area contributed by atoms with E-state index in [0.717, 1.165) is 12.4 Å². The summed E-state index contributed by atoms with van der Waals surface area (Å²) in [6.07, 6.45) is 8.93. The van der Waals surface area contributed by atoms with E-state index < -0.39 is 0 Å². The van der Waals surface area contributed by atoms with Gasteiger partial charge in [-0.3, -0.25) is 0 Å². The minimum atomic E-state index is 0.994. The number of benzene rings is 1. The second kappa shape index (κ2) is 6.98. The van der Waals surface area contributed by atoms with Gasteiger partial charge in [0.1, 0.15) is 0 Å². The lowest BCUT2D eigenvalue weighted by molar-refractivity contribution is 0.662. The van der Waals surface area contributed by atoms with E-state index in [-0.39, 0.29) is 0 Å². The zero-order valence-corrected chi connectivity index (χ0v) is 11.9. The van der Waals surface area contributed by atoms with E-state index in [1.165, 1.54) is 36.8 Å². The summed E-state index contributed by atoms with van der Waals surface area (Å²) in [4.78, 5) is 4.46. The van der Waals surface area contributed by atoms with Crippen LogP contribution >= 0.6 is 0 Å². The molecule has 0 saturated carbocycles. The van der Waals surface area contributed by atoms with E-state index in [4.69, 9.17) is 0 Å². The standard InChI is InChI=1S/C16H23N3/c1-3-4-5-8-11-18-19-13-12-17-16(19)15-10-7-6-9-14(15)2/h6-7,9-10,12-13,18H,3-5,8,11H2,1-2H3. The van der Waals surface area contributed by atoms with E-state index in [9.17, 15) is 0 Å². The van der Waals surface area contributed by atoms with Crippen molar-refractivity contribution in [2.75, 3.05) is 12.0 Å². The number of unbranched alkanes of at least 4 members (excludes halogenated alkanes) is 3. The molecule has 0 aliphatic rings. The molecule has 1 heterocycles. The molecule has 1 aromatic heterocycles. The second-order valence-corrected chi connectivity index (χ2v) is 4.90. The first-order valence-electron chi connectivity index (χ1n) is 7.16. The number of nitrogens with one attached hydrogen (secondary N) is 1. The van der Waals surface area contributed by atoms with Crippen molar-refractivity contribution in [1.29, 1.82) is 0 Å². The van der Waals surface area contributed by atoms with Gasteiger partial charge in [0.2, 0.25) is 0 Å².